The van der Waals surface area contributed by atoms with E-state index in [1.807, 2.05) is 30.2 Å². The number of urea groups is 1. The number of fused-ring (bicyclic) bond motifs is 2. The van der Waals surface area contributed by atoms with Gasteiger partial charge in [-0.25, -0.2) is 4.79 Å². The number of nitrogens with one attached hydrogen (secondary N) is 2. The molecule has 1 aromatic heterocycles. The molecular formula is C39H45N7O5. The average molecular weight is 692 g/mol. The fourth-order valence-electron chi connectivity index (χ4n) is 6.98. The van der Waals surface area contributed by atoms with Crippen molar-refractivity contribution in [2.24, 2.45) is 0 Å². The van der Waals surface area contributed by atoms with Crippen LogP contribution in [0.2, 0.25) is 0 Å². The zero-order valence-corrected chi connectivity index (χ0v) is 29.7. The molecule has 3 aliphatic rings. The summed E-state index contributed by atoms with van der Waals surface area (Å²) in [6, 6.07) is 17.5. The van der Waals surface area contributed by atoms with Gasteiger partial charge in [0.15, 0.2) is 5.76 Å². The fourth-order valence-corrected chi connectivity index (χ4v) is 6.98. The van der Waals surface area contributed by atoms with Crippen LogP contribution in [-0.2, 0) is 6.54 Å². The van der Waals surface area contributed by atoms with Gasteiger partial charge in [0, 0.05) is 105 Å². The number of amides is 3. The van der Waals surface area contributed by atoms with Gasteiger partial charge in [0.2, 0.25) is 5.78 Å². The van der Waals surface area contributed by atoms with Gasteiger partial charge in [0.1, 0.15) is 11.5 Å². The molecule has 0 bridgehead atoms. The number of aromatic nitrogens is 1. The lowest BCUT2D eigenvalue weighted by molar-refractivity contribution is 0.0664. The van der Waals surface area contributed by atoms with Gasteiger partial charge in [0.25, 0.3) is 5.91 Å². The summed E-state index contributed by atoms with van der Waals surface area (Å²) in [5.41, 5.74) is 4.98. The van der Waals surface area contributed by atoms with Gasteiger partial charge in [-0.3, -0.25) is 14.5 Å². The van der Waals surface area contributed by atoms with Crippen LogP contribution < -0.4 is 20.1 Å². The summed E-state index contributed by atoms with van der Waals surface area (Å²) in [5, 5.41) is 6.60. The number of ketones is 1. The molecule has 12 nitrogen and oxygen atoms in total. The number of allylic oxidation sites excluding steroid dienone is 1. The van der Waals surface area contributed by atoms with Crippen molar-refractivity contribution < 1.29 is 23.9 Å². The van der Waals surface area contributed by atoms with Gasteiger partial charge in [-0.1, -0.05) is 0 Å². The van der Waals surface area contributed by atoms with Crippen LogP contribution in [0.15, 0.2) is 66.4 Å². The van der Waals surface area contributed by atoms with Crippen LogP contribution in [-0.4, -0.2) is 122 Å². The third-order valence-electron chi connectivity index (χ3n) is 10.2. The maximum atomic E-state index is 13.7. The molecule has 2 fully saturated rings. The smallest absolute Gasteiger partial charge is 0.323 e. The quantitative estimate of drug-likeness (QED) is 0.253. The van der Waals surface area contributed by atoms with Gasteiger partial charge in [-0.2, -0.15) is 0 Å². The van der Waals surface area contributed by atoms with Crippen molar-refractivity contribution in [3.63, 3.8) is 0 Å². The SMILES string of the molecule is COc1ccc2c(c1)c(/C=C1\Oc3ccc(NC(=O)Nc4ccc(C(=O)N5CCN(C)CC5)cc4)cc3C1=O)c(C)n2CCN1CCN(C)CC1. The molecule has 0 radical (unpaired) electrons. The lowest BCUT2D eigenvalue weighted by atomic mass is 10.1. The van der Waals surface area contributed by atoms with Crippen molar-refractivity contribution in [2.75, 3.05) is 90.7 Å². The van der Waals surface area contributed by atoms with Crippen LogP contribution in [0, 0.1) is 6.92 Å². The Hall–Kier alpha value is -5.17. The van der Waals surface area contributed by atoms with E-state index < -0.39 is 6.03 Å². The Balaban J connectivity index is 1.04. The van der Waals surface area contributed by atoms with Gasteiger partial charge in [0.05, 0.1) is 12.7 Å². The van der Waals surface area contributed by atoms with Crippen LogP contribution in [0.5, 0.6) is 11.5 Å². The minimum absolute atomic E-state index is 0.0144. The van der Waals surface area contributed by atoms with Crippen LogP contribution in [0.1, 0.15) is 32.0 Å². The second-order valence-electron chi connectivity index (χ2n) is 13.6. The van der Waals surface area contributed by atoms with Crippen molar-refractivity contribution in [2.45, 2.75) is 13.5 Å². The predicted octanol–water partition coefficient (Wildman–Crippen LogP) is 4.85. The predicted molar refractivity (Wildman–Crippen MR) is 199 cm³/mol. The minimum Gasteiger partial charge on any atom is -0.497 e. The first-order valence-corrected chi connectivity index (χ1v) is 17.5. The standard InChI is InChI=1S/C39H45N7O5/c1-26-31(32-24-30(50-4)10-11-34(32)46(26)22-19-44-17-13-42(2)14-18-44)25-36-37(47)33-23-29(9-12-35(33)51-36)41-39(49)40-28-7-5-27(6-8-28)38(48)45-20-15-43(3)16-21-45/h5-12,23-25H,13-22H2,1-4H3,(H2,40,41,49)/b36-25-. The highest BCUT2D eigenvalue weighted by molar-refractivity contribution is 6.16. The summed E-state index contributed by atoms with van der Waals surface area (Å²) >= 11 is 0. The largest absolute Gasteiger partial charge is 0.497 e. The molecule has 12 heteroatoms. The Morgan fingerprint density at radius 1 is 0.824 bits per heavy atom. The molecule has 0 atom stereocenters. The number of hydrogen-bond donors (Lipinski definition) is 2. The van der Waals surface area contributed by atoms with Crippen molar-refractivity contribution >= 4 is 46.1 Å². The zero-order valence-electron chi connectivity index (χ0n) is 29.7. The van der Waals surface area contributed by atoms with Crippen molar-refractivity contribution in [1.82, 2.24) is 24.2 Å². The highest BCUT2D eigenvalue weighted by Gasteiger charge is 2.29. The monoisotopic (exact) mass is 691 g/mol. The van der Waals surface area contributed by atoms with E-state index >= 15 is 0 Å². The average Bonchev–Trinajstić information content (AvgIpc) is 3.59. The molecule has 0 unspecified atom stereocenters. The maximum absolute atomic E-state index is 13.7. The van der Waals surface area contributed by atoms with Crippen molar-refractivity contribution in [3.8, 4) is 11.5 Å². The second-order valence-corrected chi connectivity index (χ2v) is 13.6. The lowest BCUT2D eigenvalue weighted by Crippen LogP contribution is -2.47. The third kappa shape index (κ3) is 7.34. The van der Waals surface area contributed by atoms with Crippen LogP contribution in [0.25, 0.3) is 17.0 Å². The van der Waals surface area contributed by atoms with Gasteiger partial charge >= 0.3 is 6.03 Å². The van der Waals surface area contributed by atoms with Crippen molar-refractivity contribution in [3.05, 3.63) is 88.8 Å². The third-order valence-corrected chi connectivity index (χ3v) is 10.2. The van der Waals surface area contributed by atoms with Crippen LogP contribution in [0.4, 0.5) is 16.2 Å². The second kappa shape index (κ2) is 14.6. The number of piperazine rings is 2. The molecule has 0 aliphatic carbocycles. The zero-order chi connectivity index (χ0) is 35.6. The summed E-state index contributed by atoms with van der Waals surface area (Å²) in [6.45, 7) is 11.2. The van der Waals surface area contributed by atoms with E-state index in [4.69, 9.17) is 9.47 Å². The Kier molecular flexibility index (Phi) is 9.81. The Morgan fingerprint density at radius 2 is 1.49 bits per heavy atom. The summed E-state index contributed by atoms with van der Waals surface area (Å²) in [5.74, 6) is 1.13. The number of anilines is 2. The van der Waals surface area contributed by atoms with E-state index in [9.17, 15) is 14.4 Å². The van der Waals surface area contributed by atoms with Crippen LogP contribution in [0.3, 0.4) is 0 Å². The first-order chi connectivity index (χ1) is 24.7. The molecule has 2 N–H and O–H groups in total. The maximum Gasteiger partial charge on any atom is 0.323 e. The van der Waals surface area contributed by atoms with E-state index in [0.717, 1.165) is 80.3 Å². The van der Waals surface area contributed by atoms with Gasteiger partial charge in [-0.05, 0) is 87.8 Å². The van der Waals surface area contributed by atoms with E-state index in [1.54, 1.807) is 49.6 Å². The molecule has 266 valence electrons. The topological polar surface area (TPSA) is 112 Å². The van der Waals surface area contributed by atoms with Crippen LogP contribution >= 0.6 is 0 Å². The number of nitrogens with zero attached hydrogens (tertiary/aromatic N) is 5. The summed E-state index contributed by atoms with van der Waals surface area (Å²) in [7, 11) is 5.86. The Bertz CT molecular complexity index is 1990. The molecule has 7 rings (SSSR count). The van der Waals surface area contributed by atoms with E-state index in [2.05, 4.69) is 49.9 Å². The first kappa shape index (κ1) is 34.3. The van der Waals surface area contributed by atoms with Gasteiger partial charge < -0.3 is 39.4 Å². The highest BCUT2D eigenvalue weighted by atomic mass is 16.5. The number of ether oxygens (including phenoxy) is 2. The molecule has 0 saturated carbocycles. The Labute approximate surface area is 298 Å². The molecule has 4 heterocycles. The molecule has 3 amide bonds. The number of benzene rings is 3. The molecule has 0 spiro atoms. The first-order valence-electron chi connectivity index (χ1n) is 17.5. The number of carbonyl (C=O) groups excluding carboxylic acids is 3. The number of rotatable bonds is 8. The summed E-state index contributed by atoms with van der Waals surface area (Å²) in [4.78, 5) is 48.4. The van der Waals surface area contributed by atoms with Crippen molar-refractivity contribution in [1.29, 1.82) is 0 Å². The minimum atomic E-state index is -0.468. The summed E-state index contributed by atoms with van der Waals surface area (Å²) in [6.07, 6.45) is 1.82. The van der Waals surface area contributed by atoms with E-state index in [1.165, 1.54) is 0 Å². The molecule has 3 aromatic carbocycles. The molecule has 51 heavy (non-hydrogen) atoms. The highest BCUT2D eigenvalue weighted by Crippen LogP contribution is 2.37. The molecule has 2 saturated heterocycles. The Morgan fingerprint density at radius 3 is 2.20 bits per heavy atom. The normalized spacial score (nSPS) is 17.8. The number of carbonyl (C=O) groups is 3. The van der Waals surface area contributed by atoms with E-state index in [0.29, 0.717) is 41.3 Å². The number of methoxy groups -OCH3 is 1. The fraction of sp³-hybridized carbons (Fsp3) is 0.359. The number of hydrogen-bond acceptors (Lipinski definition) is 8. The lowest BCUT2D eigenvalue weighted by Gasteiger charge is -2.32. The van der Waals surface area contributed by atoms with E-state index in [-0.39, 0.29) is 17.4 Å². The molecule has 4 aromatic rings. The number of likely N-dealkylation sites (N-methyl/N-ethyl adjacent to an activating group) is 2. The molecular weight excluding hydrogens is 646 g/mol. The summed E-state index contributed by atoms with van der Waals surface area (Å²) < 4.78 is 14.0. The molecule has 3 aliphatic heterocycles. The van der Waals surface area contributed by atoms with Gasteiger partial charge in [-0.15, -0.1) is 0 Å². The number of Topliss-reactive ketones (excluding diaryl/α,β-unsaturated/α-hetero) is 1.